The third kappa shape index (κ3) is 0.561. The normalized spacial score (nSPS) is 51.5. The molecular formula is C9H11NO. The van der Waals surface area contributed by atoms with E-state index in [4.69, 9.17) is 0 Å². The molecule has 11 heavy (non-hydrogen) atoms. The summed E-state index contributed by atoms with van der Waals surface area (Å²) in [7, 11) is 0. The van der Waals surface area contributed by atoms with E-state index in [2.05, 4.69) is 17.5 Å². The second-order valence-corrected chi connectivity index (χ2v) is 3.85. The van der Waals surface area contributed by atoms with Gasteiger partial charge in [-0.1, -0.05) is 12.2 Å². The van der Waals surface area contributed by atoms with Crippen molar-refractivity contribution in [1.29, 1.82) is 0 Å². The van der Waals surface area contributed by atoms with E-state index in [1.54, 1.807) is 0 Å². The topological polar surface area (TPSA) is 29.1 Å². The molecule has 0 aromatic rings. The monoisotopic (exact) mass is 149 g/mol. The lowest BCUT2D eigenvalue weighted by molar-refractivity contribution is -0.134. The molecule has 0 radical (unpaired) electrons. The van der Waals surface area contributed by atoms with Gasteiger partial charge in [0.2, 0.25) is 5.91 Å². The smallest absolute Gasteiger partial charge is 0.227 e. The Morgan fingerprint density at radius 2 is 2.09 bits per heavy atom. The highest BCUT2D eigenvalue weighted by atomic mass is 16.2. The van der Waals surface area contributed by atoms with Gasteiger partial charge in [-0.05, 0) is 24.7 Å². The Hall–Kier alpha value is -0.790. The van der Waals surface area contributed by atoms with Crippen molar-refractivity contribution in [2.24, 2.45) is 17.8 Å². The van der Waals surface area contributed by atoms with Crippen LogP contribution in [-0.2, 0) is 4.79 Å². The summed E-state index contributed by atoms with van der Waals surface area (Å²) < 4.78 is 0. The van der Waals surface area contributed by atoms with E-state index in [-0.39, 0.29) is 11.8 Å². The molecule has 0 spiro atoms. The highest BCUT2D eigenvalue weighted by molar-refractivity contribution is 5.84. The van der Waals surface area contributed by atoms with Crippen LogP contribution < -0.4 is 5.32 Å². The van der Waals surface area contributed by atoms with Crippen molar-refractivity contribution in [3.63, 3.8) is 0 Å². The van der Waals surface area contributed by atoms with Crippen LogP contribution in [0.2, 0.25) is 0 Å². The zero-order valence-electron chi connectivity index (χ0n) is 6.29. The number of hydrogen-bond acceptors (Lipinski definition) is 1. The molecule has 4 unspecified atom stereocenters. The van der Waals surface area contributed by atoms with Crippen molar-refractivity contribution in [3.8, 4) is 0 Å². The van der Waals surface area contributed by atoms with E-state index < -0.39 is 0 Å². The van der Waals surface area contributed by atoms with Gasteiger partial charge >= 0.3 is 0 Å². The van der Waals surface area contributed by atoms with Crippen molar-refractivity contribution in [1.82, 2.24) is 5.32 Å². The van der Waals surface area contributed by atoms with Crippen molar-refractivity contribution >= 4 is 5.91 Å². The summed E-state index contributed by atoms with van der Waals surface area (Å²) in [6.07, 6.45) is 6.86. The maximum absolute atomic E-state index is 11.3. The molecule has 1 saturated carbocycles. The first-order valence-corrected chi connectivity index (χ1v) is 4.35. The Labute approximate surface area is 65.7 Å². The number of carbonyl (C=O) groups excluding carboxylic acids is 1. The van der Waals surface area contributed by atoms with Crippen molar-refractivity contribution < 1.29 is 4.79 Å². The summed E-state index contributed by atoms with van der Waals surface area (Å²) in [5.41, 5.74) is 0. The summed E-state index contributed by atoms with van der Waals surface area (Å²) in [4.78, 5) is 11.3. The molecular weight excluding hydrogens is 138 g/mol. The molecule has 4 rings (SSSR count). The minimum Gasteiger partial charge on any atom is -0.349 e. The number of carbonyl (C=O) groups is 1. The lowest BCUT2D eigenvalue weighted by Crippen LogP contribution is -2.59. The molecule has 2 heterocycles. The zero-order valence-corrected chi connectivity index (χ0v) is 6.29. The fourth-order valence-corrected chi connectivity index (χ4v) is 2.67. The van der Waals surface area contributed by atoms with Gasteiger partial charge < -0.3 is 5.32 Å². The van der Waals surface area contributed by atoms with Gasteiger partial charge in [-0.25, -0.2) is 0 Å². The number of amides is 1. The van der Waals surface area contributed by atoms with Crippen molar-refractivity contribution in [2.75, 3.05) is 0 Å². The first-order valence-electron chi connectivity index (χ1n) is 4.35. The number of nitrogens with one attached hydrogen (secondary N) is 1. The largest absolute Gasteiger partial charge is 0.349 e. The molecule has 2 bridgehead atoms. The van der Waals surface area contributed by atoms with Gasteiger partial charge in [0.05, 0.1) is 12.0 Å². The molecule has 2 aliphatic heterocycles. The second kappa shape index (κ2) is 1.68. The summed E-state index contributed by atoms with van der Waals surface area (Å²) in [6.45, 7) is 0. The predicted octanol–water partition coefficient (Wildman–Crippen LogP) is 0.697. The summed E-state index contributed by atoms with van der Waals surface area (Å²) in [6, 6.07) is 0.381. The average Bonchev–Trinajstić information content (AvgIpc) is 1.89. The van der Waals surface area contributed by atoms with Crippen LogP contribution in [-0.4, -0.2) is 11.9 Å². The summed E-state index contributed by atoms with van der Waals surface area (Å²) in [5, 5.41) is 3.02. The van der Waals surface area contributed by atoms with E-state index in [1.807, 2.05) is 0 Å². The third-order valence-corrected chi connectivity index (χ3v) is 3.44. The lowest BCUT2D eigenvalue weighted by Gasteiger charge is -2.51. The number of fused-ring (bicyclic) bond motifs is 1. The van der Waals surface area contributed by atoms with Gasteiger partial charge in [-0.15, -0.1) is 0 Å². The molecule has 0 aromatic carbocycles. The Morgan fingerprint density at radius 3 is 2.55 bits per heavy atom. The van der Waals surface area contributed by atoms with E-state index >= 15 is 0 Å². The van der Waals surface area contributed by atoms with Crippen LogP contribution in [0.5, 0.6) is 0 Å². The second-order valence-electron chi connectivity index (χ2n) is 3.85. The Morgan fingerprint density at radius 1 is 1.27 bits per heavy atom. The van der Waals surface area contributed by atoms with E-state index in [9.17, 15) is 4.79 Å². The fourth-order valence-electron chi connectivity index (χ4n) is 2.67. The number of hydrogen-bond donors (Lipinski definition) is 1. The molecule has 0 aromatic heterocycles. The molecule has 1 saturated heterocycles. The maximum Gasteiger partial charge on any atom is 0.227 e. The molecule has 1 N–H and O–H groups in total. The van der Waals surface area contributed by atoms with Crippen LogP contribution in [0.3, 0.4) is 0 Å². The minimum absolute atomic E-state index is 0.221. The molecule has 2 fully saturated rings. The molecule has 2 aliphatic carbocycles. The SMILES string of the molecule is O=C1NC2C=CC1C1CCC21. The molecule has 2 nitrogen and oxygen atoms in total. The predicted molar refractivity (Wildman–Crippen MR) is 40.8 cm³/mol. The third-order valence-electron chi connectivity index (χ3n) is 3.44. The average molecular weight is 149 g/mol. The lowest BCUT2D eigenvalue weighted by atomic mass is 9.58. The summed E-state index contributed by atoms with van der Waals surface area (Å²) in [5.74, 6) is 1.96. The number of rotatable bonds is 0. The first kappa shape index (κ1) is 5.81. The van der Waals surface area contributed by atoms with E-state index in [1.165, 1.54) is 12.8 Å². The Kier molecular flexibility index (Phi) is 0.888. The highest BCUT2D eigenvalue weighted by Gasteiger charge is 2.49. The van der Waals surface area contributed by atoms with Gasteiger partial charge in [0.1, 0.15) is 0 Å². The van der Waals surface area contributed by atoms with Crippen LogP contribution in [0.15, 0.2) is 12.2 Å². The molecule has 4 atom stereocenters. The Bertz CT molecular complexity index is 246. The van der Waals surface area contributed by atoms with Gasteiger partial charge in [-0.2, -0.15) is 0 Å². The standard InChI is InChI=1S/C9H11NO/c11-9-7-3-4-8(10-9)6-2-1-5(6)7/h3-8H,1-2H2,(H,10,11). The van der Waals surface area contributed by atoms with Crippen LogP contribution in [0.4, 0.5) is 0 Å². The van der Waals surface area contributed by atoms with Crippen LogP contribution in [0, 0.1) is 17.8 Å². The van der Waals surface area contributed by atoms with Crippen LogP contribution in [0.1, 0.15) is 12.8 Å². The van der Waals surface area contributed by atoms with Crippen molar-refractivity contribution in [3.05, 3.63) is 12.2 Å². The van der Waals surface area contributed by atoms with Gasteiger partial charge in [-0.3, -0.25) is 4.79 Å². The molecule has 2 heteroatoms. The quantitative estimate of drug-likeness (QED) is 0.505. The molecule has 1 amide bonds. The summed E-state index contributed by atoms with van der Waals surface area (Å²) >= 11 is 0. The van der Waals surface area contributed by atoms with Gasteiger partial charge in [0.15, 0.2) is 0 Å². The first-order chi connectivity index (χ1) is 5.36. The minimum atomic E-state index is 0.221. The Balaban J connectivity index is 2.03. The van der Waals surface area contributed by atoms with Crippen LogP contribution in [0.25, 0.3) is 0 Å². The fraction of sp³-hybridized carbons (Fsp3) is 0.667. The maximum atomic E-state index is 11.3. The van der Waals surface area contributed by atoms with Crippen molar-refractivity contribution in [2.45, 2.75) is 18.9 Å². The van der Waals surface area contributed by atoms with E-state index in [0.717, 1.165) is 5.92 Å². The number of piperidine rings is 1. The zero-order chi connectivity index (χ0) is 7.42. The van der Waals surface area contributed by atoms with Gasteiger partial charge in [0, 0.05) is 0 Å². The van der Waals surface area contributed by atoms with Gasteiger partial charge in [0.25, 0.3) is 0 Å². The highest BCUT2D eigenvalue weighted by Crippen LogP contribution is 2.48. The van der Waals surface area contributed by atoms with E-state index in [0.29, 0.717) is 12.0 Å². The molecule has 4 aliphatic rings. The van der Waals surface area contributed by atoms with Crippen LogP contribution >= 0.6 is 0 Å². The molecule has 58 valence electrons.